The number of nitrogens with zero attached hydrogens (tertiary/aromatic N) is 2. The van der Waals surface area contributed by atoms with Gasteiger partial charge in [0.25, 0.3) is 0 Å². The molecule has 0 bridgehead atoms. The van der Waals surface area contributed by atoms with Crippen LogP contribution in [0.5, 0.6) is 0 Å². The molecule has 28 heavy (non-hydrogen) atoms. The Morgan fingerprint density at radius 3 is 2.64 bits per heavy atom. The highest BCUT2D eigenvalue weighted by Gasteiger charge is 2.27. The highest BCUT2D eigenvalue weighted by atomic mass is 16.6. The van der Waals surface area contributed by atoms with Gasteiger partial charge in [0.05, 0.1) is 12.6 Å². The second kappa shape index (κ2) is 10.3. The zero-order chi connectivity index (χ0) is 20.6. The van der Waals surface area contributed by atoms with Crippen LogP contribution in [0.15, 0.2) is 29.3 Å². The average Bonchev–Trinajstić information content (AvgIpc) is 3.07. The van der Waals surface area contributed by atoms with Crippen molar-refractivity contribution in [2.24, 2.45) is 4.99 Å². The number of carbonyl (C=O) groups is 1. The summed E-state index contributed by atoms with van der Waals surface area (Å²) in [7, 11) is 1.78. The van der Waals surface area contributed by atoms with Crippen molar-refractivity contribution in [2.45, 2.75) is 58.9 Å². The number of carbonyl (C=O) groups excluding carboxylic acids is 1. The van der Waals surface area contributed by atoms with E-state index >= 15 is 0 Å². The first-order valence-electron chi connectivity index (χ1n) is 9.92. The molecular weight excluding hydrogens is 356 g/mol. The minimum atomic E-state index is -0.491. The van der Waals surface area contributed by atoms with E-state index in [-0.39, 0.29) is 12.1 Å². The molecule has 1 saturated heterocycles. The van der Waals surface area contributed by atoms with Crippen LogP contribution in [-0.2, 0) is 22.6 Å². The zero-order valence-corrected chi connectivity index (χ0v) is 17.7. The molecule has 0 radical (unpaired) electrons. The van der Waals surface area contributed by atoms with Gasteiger partial charge in [-0.3, -0.25) is 4.99 Å². The Bertz CT molecular complexity index is 670. The Morgan fingerprint density at radius 1 is 1.29 bits per heavy atom. The number of hydrogen-bond acceptors (Lipinski definition) is 4. The van der Waals surface area contributed by atoms with E-state index in [0.29, 0.717) is 26.3 Å². The van der Waals surface area contributed by atoms with Gasteiger partial charge in [0.1, 0.15) is 5.60 Å². The van der Waals surface area contributed by atoms with E-state index in [9.17, 15) is 4.79 Å². The largest absolute Gasteiger partial charge is 0.444 e. The van der Waals surface area contributed by atoms with Crippen molar-refractivity contribution in [1.82, 2.24) is 15.5 Å². The van der Waals surface area contributed by atoms with Crippen molar-refractivity contribution in [1.29, 1.82) is 0 Å². The summed E-state index contributed by atoms with van der Waals surface area (Å²) in [6.07, 6.45) is 0.494. The number of likely N-dealkylation sites (tertiary alicyclic amines) is 1. The number of amides is 1. The van der Waals surface area contributed by atoms with Gasteiger partial charge in [-0.2, -0.15) is 0 Å². The molecule has 1 atom stereocenters. The van der Waals surface area contributed by atoms with Crippen molar-refractivity contribution in [3.63, 3.8) is 0 Å². The lowest BCUT2D eigenvalue weighted by molar-refractivity contribution is 0.0507. The molecule has 7 nitrogen and oxygen atoms in total. The molecule has 1 amide bonds. The SMILES string of the molecule is CCOCc1ccccc1CNC(=NC)N1CCC(NC(=O)OC(C)(C)C)C1. The summed E-state index contributed by atoms with van der Waals surface area (Å²) in [6, 6.07) is 8.31. The van der Waals surface area contributed by atoms with Crippen molar-refractivity contribution in [2.75, 3.05) is 26.7 Å². The maximum absolute atomic E-state index is 12.0. The van der Waals surface area contributed by atoms with Gasteiger partial charge in [-0.05, 0) is 45.2 Å². The van der Waals surface area contributed by atoms with Crippen LogP contribution in [0.4, 0.5) is 4.79 Å². The van der Waals surface area contributed by atoms with Crippen LogP contribution in [-0.4, -0.2) is 55.3 Å². The van der Waals surface area contributed by atoms with Crippen molar-refractivity contribution in [3.8, 4) is 0 Å². The first-order valence-corrected chi connectivity index (χ1v) is 9.92. The average molecular weight is 391 g/mol. The Kier molecular flexibility index (Phi) is 8.11. The van der Waals surface area contributed by atoms with E-state index in [2.05, 4.69) is 32.7 Å². The van der Waals surface area contributed by atoms with Gasteiger partial charge < -0.3 is 25.0 Å². The summed E-state index contributed by atoms with van der Waals surface area (Å²) >= 11 is 0. The molecule has 1 fully saturated rings. The lowest BCUT2D eigenvalue weighted by Crippen LogP contribution is -2.44. The van der Waals surface area contributed by atoms with E-state index in [4.69, 9.17) is 9.47 Å². The van der Waals surface area contributed by atoms with Crippen LogP contribution < -0.4 is 10.6 Å². The van der Waals surface area contributed by atoms with Gasteiger partial charge in [0.2, 0.25) is 0 Å². The van der Waals surface area contributed by atoms with Crippen LogP contribution >= 0.6 is 0 Å². The summed E-state index contributed by atoms with van der Waals surface area (Å²) in [6.45, 7) is 11.1. The lowest BCUT2D eigenvalue weighted by atomic mass is 10.1. The molecule has 2 N–H and O–H groups in total. The topological polar surface area (TPSA) is 75.2 Å². The molecule has 1 heterocycles. The molecule has 0 aliphatic carbocycles. The van der Waals surface area contributed by atoms with Crippen molar-refractivity contribution in [3.05, 3.63) is 35.4 Å². The second-order valence-electron chi connectivity index (χ2n) is 7.88. The summed E-state index contributed by atoms with van der Waals surface area (Å²) in [5.74, 6) is 0.833. The molecule has 1 aliphatic heterocycles. The Balaban J connectivity index is 1.87. The second-order valence-corrected chi connectivity index (χ2v) is 7.88. The molecule has 1 aromatic rings. The van der Waals surface area contributed by atoms with Crippen LogP contribution in [0.1, 0.15) is 45.2 Å². The highest BCUT2D eigenvalue weighted by molar-refractivity contribution is 5.80. The van der Waals surface area contributed by atoms with Gasteiger partial charge in [0, 0.05) is 33.3 Å². The van der Waals surface area contributed by atoms with Crippen LogP contribution in [0.3, 0.4) is 0 Å². The molecule has 1 aromatic carbocycles. The maximum Gasteiger partial charge on any atom is 0.407 e. The summed E-state index contributed by atoms with van der Waals surface area (Å²) < 4.78 is 10.9. The van der Waals surface area contributed by atoms with Gasteiger partial charge in [0.15, 0.2) is 5.96 Å². The molecule has 0 spiro atoms. The van der Waals surface area contributed by atoms with E-state index in [1.54, 1.807) is 7.05 Å². The van der Waals surface area contributed by atoms with Crippen molar-refractivity contribution >= 4 is 12.1 Å². The fourth-order valence-electron chi connectivity index (χ4n) is 3.13. The van der Waals surface area contributed by atoms with E-state index < -0.39 is 5.60 Å². The summed E-state index contributed by atoms with van der Waals surface area (Å²) in [5, 5.41) is 6.38. The molecule has 0 saturated carbocycles. The van der Waals surface area contributed by atoms with Gasteiger partial charge in [-0.15, -0.1) is 0 Å². The number of rotatable bonds is 6. The van der Waals surface area contributed by atoms with E-state index in [1.807, 2.05) is 39.8 Å². The monoisotopic (exact) mass is 390 g/mol. The number of alkyl carbamates (subject to hydrolysis) is 1. The van der Waals surface area contributed by atoms with Crippen LogP contribution in [0.25, 0.3) is 0 Å². The van der Waals surface area contributed by atoms with Gasteiger partial charge in [-0.1, -0.05) is 24.3 Å². The van der Waals surface area contributed by atoms with Crippen LogP contribution in [0, 0.1) is 0 Å². The third-order valence-corrected chi connectivity index (χ3v) is 4.44. The van der Waals surface area contributed by atoms with Crippen LogP contribution in [0.2, 0.25) is 0 Å². The minimum Gasteiger partial charge on any atom is -0.444 e. The molecular formula is C21H34N4O3. The third kappa shape index (κ3) is 7.03. The number of ether oxygens (including phenoxy) is 2. The molecule has 156 valence electrons. The molecule has 0 aromatic heterocycles. The Morgan fingerprint density at radius 2 is 2.00 bits per heavy atom. The number of nitrogens with one attached hydrogen (secondary N) is 2. The number of hydrogen-bond donors (Lipinski definition) is 2. The Hall–Kier alpha value is -2.28. The minimum absolute atomic E-state index is 0.0543. The standard InChI is InChI=1S/C21H34N4O3/c1-6-27-15-17-10-8-7-9-16(17)13-23-19(22-5)25-12-11-18(14-25)24-20(26)28-21(2,3)4/h7-10,18H,6,11-15H2,1-5H3,(H,22,23)(H,24,26). The predicted octanol–water partition coefficient (Wildman–Crippen LogP) is 2.90. The Labute approximate surface area is 168 Å². The lowest BCUT2D eigenvalue weighted by Gasteiger charge is -2.23. The zero-order valence-electron chi connectivity index (χ0n) is 17.7. The fourth-order valence-corrected chi connectivity index (χ4v) is 3.13. The number of benzene rings is 1. The smallest absolute Gasteiger partial charge is 0.407 e. The number of aliphatic imine (C=N–C) groups is 1. The first kappa shape index (κ1) is 22.0. The maximum atomic E-state index is 12.0. The third-order valence-electron chi connectivity index (χ3n) is 4.44. The molecule has 1 aliphatic rings. The fraction of sp³-hybridized carbons (Fsp3) is 0.619. The van der Waals surface area contributed by atoms with E-state index in [0.717, 1.165) is 18.9 Å². The normalized spacial score (nSPS) is 17.5. The number of guanidine groups is 1. The first-order chi connectivity index (χ1) is 13.3. The van der Waals surface area contributed by atoms with Gasteiger partial charge in [-0.25, -0.2) is 4.79 Å². The van der Waals surface area contributed by atoms with Gasteiger partial charge >= 0.3 is 6.09 Å². The molecule has 2 rings (SSSR count). The van der Waals surface area contributed by atoms with Crippen molar-refractivity contribution < 1.29 is 14.3 Å². The molecule has 1 unspecified atom stereocenters. The predicted molar refractivity (Wildman–Crippen MR) is 111 cm³/mol. The highest BCUT2D eigenvalue weighted by Crippen LogP contribution is 2.13. The molecule has 7 heteroatoms. The quantitative estimate of drug-likeness (QED) is 0.577. The summed E-state index contributed by atoms with van der Waals surface area (Å²) in [4.78, 5) is 18.6. The summed E-state index contributed by atoms with van der Waals surface area (Å²) in [5.41, 5.74) is 1.88. The van der Waals surface area contributed by atoms with E-state index in [1.165, 1.54) is 11.1 Å².